The molecule has 1 aliphatic rings. The van der Waals surface area contributed by atoms with Gasteiger partial charge < -0.3 is 14.2 Å². The van der Waals surface area contributed by atoms with E-state index in [1.807, 2.05) is 30.3 Å². The van der Waals surface area contributed by atoms with Gasteiger partial charge in [-0.1, -0.05) is 18.2 Å². The summed E-state index contributed by atoms with van der Waals surface area (Å²) in [4.78, 5) is 8.18. The minimum absolute atomic E-state index is 0.0592. The Morgan fingerprint density at radius 1 is 1.00 bits per heavy atom. The van der Waals surface area contributed by atoms with E-state index in [4.69, 9.17) is 14.2 Å². The minimum atomic E-state index is -3.15. The SMILES string of the molecule is COc1ccccc1-c1cccnc1Oc1ccc(C(F)(F)COC2CCC2)nc1. The Bertz CT molecular complexity index is 992. The van der Waals surface area contributed by atoms with Gasteiger partial charge in [-0.2, -0.15) is 8.78 Å². The monoisotopic (exact) mass is 412 g/mol. The molecule has 3 aromatic rings. The molecule has 0 amide bonds. The zero-order valence-electron chi connectivity index (χ0n) is 16.6. The molecule has 0 spiro atoms. The van der Waals surface area contributed by atoms with Gasteiger partial charge in [0.25, 0.3) is 0 Å². The van der Waals surface area contributed by atoms with Crippen molar-refractivity contribution in [2.24, 2.45) is 0 Å². The molecule has 7 heteroatoms. The summed E-state index contributed by atoms with van der Waals surface area (Å²) in [7, 11) is 1.59. The van der Waals surface area contributed by atoms with Crippen molar-refractivity contribution in [3.05, 3.63) is 66.6 Å². The van der Waals surface area contributed by atoms with Gasteiger partial charge in [0.1, 0.15) is 23.8 Å². The number of ether oxygens (including phenoxy) is 3. The van der Waals surface area contributed by atoms with Gasteiger partial charge in [0.15, 0.2) is 0 Å². The van der Waals surface area contributed by atoms with Gasteiger partial charge in [0.05, 0.1) is 19.4 Å². The van der Waals surface area contributed by atoms with E-state index in [1.165, 1.54) is 18.3 Å². The number of rotatable bonds is 8. The quantitative estimate of drug-likeness (QED) is 0.482. The fourth-order valence-corrected chi connectivity index (χ4v) is 3.15. The summed E-state index contributed by atoms with van der Waals surface area (Å²) in [6, 6.07) is 13.9. The lowest BCUT2D eigenvalue weighted by molar-refractivity contribution is -0.122. The highest BCUT2D eigenvalue weighted by atomic mass is 19.3. The molecule has 0 saturated heterocycles. The molecule has 5 nitrogen and oxygen atoms in total. The van der Waals surface area contributed by atoms with Crippen LogP contribution in [0.1, 0.15) is 25.0 Å². The molecular formula is C23H22F2N2O3. The van der Waals surface area contributed by atoms with E-state index in [-0.39, 0.29) is 11.8 Å². The topological polar surface area (TPSA) is 53.5 Å². The molecule has 2 aromatic heterocycles. The highest BCUT2D eigenvalue weighted by molar-refractivity contribution is 5.74. The lowest BCUT2D eigenvalue weighted by Gasteiger charge is -2.27. The zero-order chi connectivity index (χ0) is 21.0. The maximum atomic E-state index is 14.3. The van der Waals surface area contributed by atoms with Crippen molar-refractivity contribution in [1.29, 1.82) is 0 Å². The highest BCUT2D eigenvalue weighted by Gasteiger charge is 2.35. The molecule has 30 heavy (non-hydrogen) atoms. The molecule has 2 heterocycles. The Morgan fingerprint density at radius 2 is 1.80 bits per heavy atom. The Morgan fingerprint density at radius 3 is 2.50 bits per heavy atom. The first-order chi connectivity index (χ1) is 14.6. The van der Waals surface area contributed by atoms with Gasteiger partial charge in [-0.3, -0.25) is 4.98 Å². The van der Waals surface area contributed by atoms with Crippen LogP contribution in [0.3, 0.4) is 0 Å². The Kier molecular flexibility index (Phi) is 5.90. The molecule has 1 aliphatic carbocycles. The van der Waals surface area contributed by atoms with Crippen LogP contribution in [-0.4, -0.2) is 29.8 Å². The van der Waals surface area contributed by atoms with Crippen molar-refractivity contribution in [3.63, 3.8) is 0 Å². The normalized spacial score (nSPS) is 14.2. The molecule has 1 saturated carbocycles. The Balaban J connectivity index is 1.51. The number of alkyl halides is 2. The standard InChI is InChI=1S/C23H22F2N2O3/c1-28-20-10-3-2-8-18(20)19-9-5-13-26-22(19)30-17-11-12-21(27-14-17)23(24,25)15-29-16-6-4-7-16/h2-3,5,8-14,16H,4,6-7,15H2,1H3. The van der Waals surface area contributed by atoms with E-state index in [9.17, 15) is 8.78 Å². The van der Waals surface area contributed by atoms with Crippen molar-refractivity contribution >= 4 is 0 Å². The second-order valence-corrected chi connectivity index (χ2v) is 7.11. The fraction of sp³-hybridized carbons (Fsp3) is 0.304. The number of halogens is 2. The van der Waals surface area contributed by atoms with E-state index >= 15 is 0 Å². The van der Waals surface area contributed by atoms with E-state index in [1.54, 1.807) is 19.4 Å². The summed E-state index contributed by atoms with van der Waals surface area (Å²) in [6.07, 6.45) is 5.53. The Hall–Kier alpha value is -3.06. The molecule has 1 aromatic carbocycles. The van der Waals surface area contributed by atoms with Crippen molar-refractivity contribution in [3.8, 4) is 28.5 Å². The van der Waals surface area contributed by atoms with Crippen LogP contribution in [0.15, 0.2) is 60.9 Å². The summed E-state index contributed by atoms with van der Waals surface area (Å²) < 4.78 is 45.2. The maximum absolute atomic E-state index is 14.3. The number of methoxy groups -OCH3 is 1. The predicted octanol–water partition coefficient (Wildman–Crippen LogP) is 5.61. The average molecular weight is 412 g/mol. The number of benzene rings is 1. The van der Waals surface area contributed by atoms with Gasteiger partial charge in [-0.15, -0.1) is 0 Å². The molecule has 4 rings (SSSR count). The number of aromatic nitrogens is 2. The molecule has 1 fully saturated rings. The van der Waals surface area contributed by atoms with Crippen molar-refractivity contribution in [2.75, 3.05) is 13.7 Å². The van der Waals surface area contributed by atoms with Crippen LogP contribution in [0.4, 0.5) is 8.78 Å². The minimum Gasteiger partial charge on any atom is -0.496 e. The lowest BCUT2D eigenvalue weighted by Crippen LogP contribution is -2.29. The van der Waals surface area contributed by atoms with Gasteiger partial charge in [0, 0.05) is 17.3 Å². The molecular weight excluding hydrogens is 390 g/mol. The molecule has 0 radical (unpaired) electrons. The van der Waals surface area contributed by atoms with Crippen LogP contribution in [0.25, 0.3) is 11.1 Å². The van der Waals surface area contributed by atoms with Crippen molar-refractivity contribution < 1.29 is 23.0 Å². The largest absolute Gasteiger partial charge is 0.496 e. The number of hydrogen-bond acceptors (Lipinski definition) is 5. The highest BCUT2D eigenvalue weighted by Crippen LogP contribution is 2.37. The molecule has 0 aliphatic heterocycles. The zero-order valence-corrected chi connectivity index (χ0v) is 16.6. The summed E-state index contributed by atoms with van der Waals surface area (Å²) in [5.41, 5.74) is 1.19. The molecule has 0 unspecified atom stereocenters. The van der Waals surface area contributed by atoms with E-state index in [0.717, 1.165) is 30.4 Å². The summed E-state index contributed by atoms with van der Waals surface area (Å²) in [5, 5.41) is 0. The fourth-order valence-electron chi connectivity index (χ4n) is 3.15. The number of nitrogens with zero attached hydrogens (tertiary/aromatic N) is 2. The summed E-state index contributed by atoms with van der Waals surface area (Å²) >= 11 is 0. The second kappa shape index (κ2) is 8.75. The molecule has 0 bridgehead atoms. The van der Waals surface area contributed by atoms with Gasteiger partial charge in [-0.05, 0) is 49.6 Å². The first-order valence-electron chi connectivity index (χ1n) is 9.79. The van der Waals surface area contributed by atoms with Crippen LogP contribution in [0.5, 0.6) is 17.4 Å². The first-order valence-corrected chi connectivity index (χ1v) is 9.79. The molecule has 0 atom stereocenters. The van der Waals surface area contributed by atoms with Crippen LogP contribution in [-0.2, 0) is 10.7 Å². The van der Waals surface area contributed by atoms with Crippen LogP contribution >= 0.6 is 0 Å². The third-order valence-corrected chi connectivity index (χ3v) is 5.05. The van der Waals surface area contributed by atoms with Gasteiger partial charge >= 0.3 is 5.92 Å². The van der Waals surface area contributed by atoms with E-state index in [2.05, 4.69) is 9.97 Å². The third-order valence-electron chi connectivity index (χ3n) is 5.05. The predicted molar refractivity (Wildman–Crippen MR) is 108 cm³/mol. The van der Waals surface area contributed by atoms with Crippen LogP contribution in [0, 0.1) is 0 Å². The van der Waals surface area contributed by atoms with Gasteiger partial charge in [0.2, 0.25) is 5.88 Å². The molecule has 156 valence electrons. The van der Waals surface area contributed by atoms with Crippen LogP contribution in [0.2, 0.25) is 0 Å². The number of hydrogen-bond donors (Lipinski definition) is 0. The van der Waals surface area contributed by atoms with Gasteiger partial charge in [-0.25, -0.2) is 4.98 Å². The maximum Gasteiger partial charge on any atom is 0.312 e. The van der Waals surface area contributed by atoms with Crippen molar-refractivity contribution in [1.82, 2.24) is 9.97 Å². The molecule has 0 N–H and O–H groups in total. The number of pyridine rings is 2. The Labute approximate surface area is 173 Å². The van der Waals surface area contributed by atoms with Crippen molar-refractivity contribution in [2.45, 2.75) is 31.3 Å². The first kappa shape index (κ1) is 20.2. The van der Waals surface area contributed by atoms with E-state index in [0.29, 0.717) is 17.4 Å². The summed E-state index contributed by atoms with van der Waals surface area (Å²) in [5.74, 6) is -1.84. The average Bonchev–Trinajstić information content (AvgIpc) is 2.73. The third kappa shape index (κ3) is 4.41. The second-order valence-electron chi connectivity index (χ2n) is 7.11. The summed E-state index contributed by atoms with van der Waals surface area (Å²) in [6.45, 7) is -0.664. The smallest absolute Gasteiger partial charge is 0.312 e. The number of para-hydroxylation sites is 1. The van der Waals surface area contributed by atoms with E-state index < -0.39 is 12.5 Å². The lowest BCUT2D eigenvalue weighted by atomic mass is 9.96. The van der Waals surface area contributed by atoms with Crippen LogP contribution < -0.4 is 9.47 Å².